The fourth-order valence-electron chi connectivity index (χ4n) is 2.90. The summed E-state index contributed by atoms with van der Waals surface area (Å²) in [6, 6.07) is 0.517. The average molecular weight is 257 g/mol. The van der Waals surface area contributed by atoms with Crippen molar-refractivity contribution >= 4 is 0 Å². The first-order valence-corrected chi connectivity index (χ1v) is 7.37. The maximum atomic E-state index is 9.83. The van der Waals surface area contributed by atoms with Crippen LogP contribution in [-0.2, 0) is 4.74 Å². The maximum Gasteiger partial charge on any atom is 0.0589 e. The van der Waals surface area contributed by atoms with Gasteiger partial charge >= 0.3 is 0 Å². The molecule has 0 spiro atoms. The number of hydrogen-bond acceptors (Lipinski definition) is 3. The Morgan fingerprint density at radius 3 is 2.39 bits per heavy atom. The lowest BCUT2D eigenvalue weighted by molar-refractivity contribution is 0.0118. The molecule has 0 bridgehead atoms. The van der Waals surface area contributed by atoms with Gasteiger partial charge < -0.3 is 9.84 Å². The van der Waals surface area contributed by atoms with Crippen molar-refractivity contribution in [3.05, 3.63) is 0 Å². The van der Waals surface area contributed by atoms with E-state index < -0.39 is 0 Å². The molecule has 1 saturated carbocycles. The van der Waals surface area contributed by atoms with Gasteiger partial charge in [0, 0.05) is 38.3 Å². The van der Waals surface area contributed by atoms with Crippen molar-refractivity contribution in [2.45, 2.75) is 52.5 Å². The Labute approximate surface area is 113 Å². The molecular weight excluding hydrogens is 226 g/mol. The van der Waals surface area contributed by atoms with E-state index in [1.807, 2.05) is 0 Å². The molecule has 0 aromatic heterocycles. The summed E-state index contributed by atoms with van der Waals surface area (Å²) < 4.78 is 5.19. The third-order valence-electron chi connectivity index (χ3n) is 4.52. The average Bonchev–Trinajstić information content (AvgIpc) is 2.37. The lowest BCUT2D eigenvalue weighted by atomic mass is 9.71. The molecule has 0 amide bonds. The summed E-state index contributed by atoms with van der Waals surface area (Å²) in [7, 11) is 1.75. The smallest absolute Gasteiger partial charge is 0.0589 e. The van der Waals surface area contributed by atoms with Gasteiger partial charge in [0.05, 0.1) is 6.61 Å². The SMILES string of the molecule is COCCN(CC1(CO)CCC(C)CC1)C(C)C. The minimum Gasteiger partial charge on any atom is -0.396 e. The van der Waals surface area contributed by atoms with Crippen molar-refractivity contribution in [3.63, 3.8) is 0 Å². The number of aliphatic hydroxyl groups is 1. The third-order valence-corrected chi connectivity index (χ3v) is 4.52. The van der Waals surface area contributed by atoms with Crippen molar-refractivity contribution in [2.75, 3.05) is 33.4 Å². The fraction of sp³-hybridized carbons (Fsp3) is 1.00. The Hall–Kier alpha value is -0.120. The molecule has 0 atom stereocenters. The molecular formula is C15H31NO2. The van der Waals surface area contributed by atoms with Crippen LogP contribution < -0.4 is 0 Å². The van der Waals surface area contributed by atoms with E-state index in [9.17, 15) is 5.11 Å². The van der Waals surface area contributed by atoms with Gasteiger partial charge in [-0.2, -0.15) is 0 Å². The number of nitrogens with zero attached hydrogens (tertiary/aromatic N) is 1. The summed E-state index contributed by atoms with van der Waals surface area (Å²) in [5.41, 5.74) is 0.129. The highest BCUT2D eigenvalue weighted by Crippen LogP contribution is 2.39. The molecule has 108 valence electrons. The zero-order valence-corrected chi connectivity index (χ0v) is 12.6. The summed E-state index contributed by atoms with van der Waals surface area (Å²) >= 11 is 0. The lowest BCUT2D eigenvalue weighted by Gasteiger charge is -2.42. The summed E-state index contributed by atoms with van der Waals surface area (Å²) in [4.78, 5) is 2.45. The highest BCUT2D eigenvalue weighted by Gasteiger charge is 2.35. The van der Waals surface area contributed by atoms with Crippen molar-refractivity contribution < 1.29 is 9.84 Å². The van der Waals surface area contributed by atoms with Crippen LogP contribution in [0.1, 0.15) is 46.5 Å². The topological polar surface area (TPSA) is 32.7 Å². The highest BCUT2D eigenvalue weighted by atomic mass is 16.5. The van der Waals surface area contributed by atoms with E-state index in [-0.39, 0.29) is 5.41 Å². The number of methoxy groups -OCH3 is 1. The standard InChI is InChI=1S/C15H31NO2/c1-13(2)16(9-10-18-4)11-15(12-17)7-5-14(3)6-8-15/h13-14,17H,5-12H2,1-4H3. The molecule has 0 heterocycles. The summed E-state index contributed by atoms with van der Waals surface area (Å²) in [6.45, 7) is 9.86. The van der Waals surface area contributed by atoms with Crippen LogP contribution in [0.3, 0.4) is 0 Å². The summed E-state index contributed by atoms with van der Waals surface area (Å²) in [5.74, 6) is 0.830. The van der Waals surface area contributed by atoms with E-state index >= 15 is 0 Å². The van der Waals surface area contributed by atoms with Crippen LogP contribution in [-0.4, -0.2) is 49.5 Å². The number of aliphatic hydroxyl groups excluding tert-OH is 1. The van der Waals surface area contributed by atoms with E-state index in [1.165, 1.54) is 25.7 Å². The second kappa shape index (κ2) is 7.46. The van der Waals surface area contributed by atoms with Crippen LogP contribution in [0.5, 0.6) is 0 Å². The van der Waals surface area contributed by atoms with Gasteiger partial charge in [0.25, 0.3) is 0 Å². The van der Waals surface area contributed by atoms with E-state index in [0.29, 0.717) is 12.6 Å². The third kappa shape index (κ3) is 4.52. The molecule has 0 aromatic carbocycles. The molecule has 1 rings (SSSR count). The van der Waals surface area contributed by atoms with Crippen LogP contribution in [0.2, 0.25) is 0 Å². The summed E-state index contributed by atoms with van der Waals surface area (Å²) in [5, 5.41) is 9.83. The Morgan fingerprint density at radius 2 is 1.94 bits per heavy atom. The quantitative estimate of drug-likeness (QED) is 0.761. The minimum absolute atomic E-state index is 0.129. The number of hydrogen-bond donors (Lipinski definition) is 1. The van der Waals surface area contributed by atoms with Crippen LogP contribution in [0.15, 0.2) is 0 Å². The molecule has 0 aliphatic heterocycles. The maximum absolute atomic E-state index is 9.83. The second-order valence-corrected chi connectivity index (χ2v) is 6.40. The van der Waals surface area contributed by atoms with Gasteiger partial charge in [0.2, 0.25) is 0 Å². The number of ether oxygens (including phenoxy) is 1. The first-order valence-electron chi connectivity index (χ1n) is 7.37. The van der Waals surface area contributed by atoms with Crippen molar-refractivity contribution in [3.8, 4) is 0 Å². The zero-order chi connectivity index (χ0) is 13.6. The number of rotatable bonds is 7. The van der Waals surface area contributed by atoms with Gasteiger partial charge in [-0.15, -0.1) is 0 Å². The van der Waals surface area contributed by atoms with Crippen LogP contribution in [0.4, 0.5) is 0 Å². The Balaban J connectivity index is 2.58. The lowest BCUT2D eigenvalue weighted by Crippen LogP contribution is -2.46. The largest absolute Gasteiger partial charge is 0.396 e. The first kappa shape index (κ1) is 15.9. The van der Waals surface area contributed by atoms with Crippen molar-refractivity contribution in [1.82, 2.24) is 4.90 Å². The van der Waals surface area contributed by atoms with E-state index in [4.69, 9.17) is 4.74 Å². The highest BCUT2D eigenvalue weighted by molar-refractivity contribution is 4.87. The monoisotopic (exact) mass is 257 g/mol. The van der Waals surface area contributed by atoms with Crippen molar-refractivity contribution in [2.24, 2.45) is 11.3 Å². The Kier molecular flexibility index (Phi) is 6.61. The predicted molar refractivity (Wildman–Crippen MR) is 75.7 cm³/mol. The molecule has 18 heavy (non-hydrogen) atoms. The molecule has 0 radical (unpaired) electrons. The van der Waals surface area contributed by atoms with Gasteiger partial charge in [-0.25, -0.2) is 0 Å². The molecule has 0 unspecified atom stereocenters. The van der Waals surface area contributed by atoms with Gasteiger partial charge in [-0.3, -0.25) is 4.90 Å². The Bertz CT molecular complexity index is 223. The summed E-state index contributed by atoms with van der Waals surface area (Å²) in [6.07, 6.45) is 4.86. The van der Waals surface area contributed by atoms with Gasteiger partial charge in [0.15, 0.2) is 0 Å². The molecule has 1 aliphatic carbocycles. The van der Waals surface area contributed by atoms with Crippen molar-refractivity contribution in [1.29, 1.82) is 0 Å². The van der Waals surface area contributed by atoms with E-state index in [0.717, 1.165) is 25.6 Å². The normalized spacial score (nSPS) is 29.2. The second-order valence-electron chi connectivity index (χ2n) is 6.40. The molecule has 3 heteroatoms. The van der Waals surface area contributed by atoms with Gasteiger partial charge in [-0.1, -0.05) is 19.8 Å². The van der Waals surface area contributed by atoms with E-state index in [1.54, 1.807) is 7.11 Å². The van der Waals surface area contributed by atoms with Gasteiger partial charge in [-0.05, 0) is 32.6 Å². The first-order chi connectivity index (χ1) is 8.53. The molecule has 3 nitrogen and oxygen atoms in total. The molecule has 1 fully saturated rings. The molecule has 0 saturated heterocycles. The van der Waals surface area contributed by atoms with Gasteiger partial charge in [0.1, 0.15) is 0 Å². The van der Waals surface area contributed by atoms with Crippen LogP contribution in [0, 0.1) is 11.3 Å². The van der Waals surface area contributed by atoms with E-state index in [2.05, 4.69) is 25.7 Å². The van der Waals surface area contributed by atoms with Crippen LogP contribution >= 0.6 is 0 Å². The molecule has 1 aliphatic rings. The predicted octanol–water partition coefficient (Wildman–Crippen LogP) is 2.53. The Morgan fingerprint density at radius 1 is 1.33 bits per heavy atom. The molecule has 1 N–H and O–H groups in total. The minimum atomic E-state index is 0.129. The molecule has 0 aromatic rings. The van der Waals surface area contributed by atoms with Crippen LogP contribution in [0.25, 0.3) is 0 Å². The fourth-order valence-corrected chi connectivity index (χ4v) is 2.90. The zero-order valence-electron chi connectivity index (χ0n) is 12.6.